The number of ether oxygens (including phenoxy) is 2. The molecule has 0 saturated heterocycles. The first kappa shape index (κ1) is 24.2. The topological polar surface area (TPSA) is 59.8 Å². The van der Waals surface area contributed by atoms with Crippen LogP contribution in [0.2, 0.25) is 0 Å². The van der Waals surface area contributed by atoms with E-state index in [4.69, 9.17) is 9.47 Å². The van der Waals surface area contributed by atoms with Gasteiger partial charge in [-0.2, -0.15) is 0 Å². The molecule has 0 amide bonds. The fourth-order valence-corrected chi connectivity index (χ4v) is 5.13. The SMILES string of the molecule is COc1ccc(Cn2cnc3ccc(-c4cccc(OCC(O)CN5Cc6ccccc6C5)c4)cc32)cc1. The highest BCUT2D eigenvalue weighted by atomic mass is 16.5. The molecule has 4 aromatic carbocycles. The molecule has 1 aliphatic rings. The molecule has 2 heterocycles. The number of methoxy groups -OCH3 is 1. The Morgan fingerprint density at radius 3 is 2.37 bits per heavy atom. The third kappa shape index (κ3) is 5.28. The summed E-state index contributed by atoms with van der Waals surface area (Å²) in [6.07, 6.45) is 1.33. The molecule has 0 saturated carbocycles. The van der Waals surface area contributed by atoms with Crippen molar-refractivity contribution in [1.29, 1.82) is 0 Å². The van der Waals surface area contributed by atoms with Crippen LogP contribution in [0.4, 0.5) is 0 Å². The lowest BCUT2D eigenvalue weighted by Crippen LogP contribution is -2.32. The van der Waals surface area contributed by atoms with Gasteiger partial charge in [0.2, 0.25) is 0 Å². The van der Waals surface area contributed by atoms with E-state index in [1.54, 1.807) is 7.11 Å². The van der Waals surface area contributed by atoms with E-state index < -0.39 is 6.10 Å². The second kappa shape index (κ2) is 10.7. The van der Waals surface area contributed by atoms with Crippen LogP contribution in [0.5, 0.6) is 11.5 Å². The average molecular weight is 506 g/mol. The number of nitrogens with zero attached hydrogens (tertiary/aromatic N) is 3. The summed E-state index contributed by atoms with van der Waals surface area (Å²) in [4.78, 5) is 6.85. The molecule has 6 rings (SSSR count). The molecule has 0 aliphatic carbocycles. The van der Waals surface area contributed by atoms with Gasteiger partial charge in [0.25, 0.3) is 0 Å². The van der Waals surface area contributed by atoms with Crippen molar-refractivity contribution in [3.05, 3.63) is 114 Å². The molecule has 1 atom stereocenters. The van der Waals surface area contributed by atoms with Gasteiger partial charge in [-0.15, -0.1) is 0 Å². The summed E-state index contributed by atoms with van der Waals surface area (Å²) in [5, 5.41) is 10.6. The zero-order chi connectivity index (χ0) is 25.9. The molecule has 0 radical (unpaired) electrons. The van der Waals surface area contributed by atoms with Gasteiger partial charge in [-0.05, 0) is 64.2 Å². The number of β-amino-alcohol motifs (C(OH)–C–C–N with tert-alkyl or cyclic N) is 1. The Morgan fingerprint density at radius 1 is 0.842 bits per heavy atom. The maximum atomic E-state index is 10.6. The van der Waals surface area contributed by atoms with Crippen molar-refractivity contribution in [1.82, 2.24) is 14.5 Å². The minimum Gasteiger partial charge on any atom is -0.497 e. The van der Waals surface area contributed by atoms with Gasteiger partial charge in [0, 0.05) is 26.2 Å². The van der Waals surface area contributed by atoms with Crippen molar-refractivity contribution in [3.8, 4) is 22.6 Å². The quantitative estimate of drug-likeness (QED) is 0.286. The van der Waals surface area contributed by atoms with E-state index >= 15 is 0 Å². The van der Waals surface area contributed by atoms with Gasteiger partial charge in [0.1, 0.15) is 24.2 Å². The standard InChI is InChI=1S/C32H31N3O3/c1-37-29-12-9-23(10-13-29)17-35-22-33-31-14-11-25(16-32(31)35)24-7-4-8-30(15-24)38-21-28(36)20-34-18-26-5-2-3-6-27(26)19-34/h2-16,22,28,36H,17-21H2,1H3. The second-order valence-corrected chi connectivity index (χ2v) is 9.86. The number of benzene rings is 4. The molecule has 38 heavy (non-hydrogen) atoms. The summed E-state index contributed by atoms with van der Waals surface area (Å²) in [7, 11) is 1.68. The predicted molar refractivity (Wildman–Crippen MR) is 149 cm³/mol. The molecule has 0 bridgehead atoms. The summed E-state index contributed by atoms with van der Waals surface area (Å²) >= 11 is 0. The fourth-order valence-electron chi connectivity index (χ4n) is 5.13. The summed E-state index contributed by atoms with van der Waals surface area (Å²) in [5.74, 6) is 1.60. The highest BCUT2D eigenvalue weighted by Crippen LogP contribution is 2.28. The number of aromatic nitrogens is 2. The van der Waals surface area contributed by atoms with Crippen LogP contribution in [-0.2, 0) is 19.6 Å². The molecule has 0 fully saturated rings. The number of rotatable bonds is 9. The Labute approximate surface area is 222 Å². The Bertz CT molecular complexity index is 1520. The predicted octanol–water partition coefficient (Wildman–Crippen LogP) is 5.52. The number of imidazole rings is 1. The molecule has 1 aliphatic heterocycles. The molecular weight excluding hydrogens is 474 g/mol. The minimum absolute atomic E-state index is 0.254. The lowest BCUT2D eigenvalue weighted by molar-refractivity contribution is 0.0673. The molecule has 1 unspecified atom stereocenters. The van der Waals surface area contributed by atoms with Gasteiger partial charge in [-0.1, -0.05) is 54.6 Å². The van der Waals surface area contributed by atoms with E-state index in [2.05, 4.69) is 75.1 Å². The van der Waals surface area contributed by atoms with Crippen LogP contribution >= 0.6 is 0 Å². The van der Waals surface area contributed by atoms with Gasteiger partial charge >= 0.3 is 0 Å². The Kier molecular flexibility index (Phi) is 6.82. The van der Waals surface area contributed by atoms with Crippen molar-refractivity contribution >= 4 is 11.0 Å². The van der Waals surface area contributed by atoms with E-state index in [-0.39, 0.29) is 6.61 Å². The highest BCUT2D eigenvalue weighted by Gasteiger charge is 2.21. The minimum atomic E-state index is -0.559. The Morgan fingerprint density at radius 2 is 1.61 bits per heavy atom. The molecule has 5 aromatic rings. The van der Waals surface area contributed by atoms with E-state index in [1.165, 1.54) is 16.7 Å². The van der Waals surface area contributed by atoms with Crippen molar-refractivity contribution in [3.63, 3.8) is 0 Å². The second-order valence-electron chi connectivity index (χ2n) is 9.86. The number of hydrogen-bond acceptors (Lipinski definition) is 5. The number of aliphatic hydroxyl groups is 1. The molecule has 192 valence electrons. The summed E-state index contributed by atoms with van der Waals surface area (Å²) in [6.45, 7) is 3.32. The molecular formula is C32H31N3O3. The Hall–Kier alpha value is -4.13. The van der Waals surface area contributed by atoms with Crippen LogP contribution < -0.4 is 9.47 Å². The summed E-state index contributed by atoms with van der Waals surface area (Å²) in [5.41, 5.74) is 8.06. The van der Waals surface area contributed by atoms with Crippen molar-refractivity contribution in [2.24, 2.45) is 0 Å². The van der Waals surface area contributed by atoms with Gasteiger partial charge in [0.15, 0.2) is 0 Å². The van der Waals surface area contributed by atoms with Gasteiger partial charge in [-0.3, -0.25) is 4.90 Å². The van der Waals surface area contributed by atoms with Crippen molar-refractivity contribution in [2.45, 2.75) is 25.7 Å². The molecule has 0 spiro atoms. The first-order chi connectivity index (χ1) is 18.6. The van der Waals surface area contributed by atoms with Crippen LogP contribution in [0, 0.1) is 0 Å². The maximum Gasteiger partial charge on any atom is 0.120 e. The largest absolute Gasteiger partial charge is 0.497 e. The third-order valence-corrected chi connectivity index (χ3v) is 7.12. The molecule has 6 heteroatoms. The van der Waals surface area contributed by atoms with Gasteiger partial charge < -0.3 is 19.1 Å². The van der Waals surface area contributed by atoms with Crippen LogP contribution in [0.1, 0.15) is 16.7 Å². The Balaban J connectivity index is 1.12. The smallest absolute Gasteiger partial charge is 0.120 e. The van der Waals surface area contributed by atoms with Gasteiger partial charge in [-0.25, -0.2) is 4.98 Å². The van der Waals surface area contributed by atoms with E-state index in [9.17, 15) is 5.11 Å². The number of aliphatic hydroxyl groups excluding tert-OH is 1. The average Bonchev–Trinajstić information content (AvgIpc) is 3.55. The molecule has 1 N–H and O–H groups in total. The van der Waals surface area contributed by atoms with Crippen LogP contribution in [0.25, 0.3) is 22.2 Å². The monoisotopic (exact) mass is 505 g/mol. The van der Waals surface area contributed by atoms with Crippen LogP contribution in [-0.4, -0.2) is 45.9 Å². The first-order valence-corrected chi connectivity index (χ1v) is 12.9. The fraction of sp³-hybridized carbons (Fsp3) is 0.219. The zero-order valence-corrected chi connectivity index (χ0v) is 21.5. The van der Waals surface area contributed by atoms with Gasteiger partial charge in [0.05, 0.1) is 24.5 Å². The van der Waals surface area contributed by atoms with E-state index in [0.717, 1.165) is 53.3 Å². The lowest BCUT2D eigenvalue weighted by Gasteiger charge is -2.20. The normalized spacial score (nSPS) is 13.9. The van der Waals surface area contributed by atoms with Crippen molar-refractivity contribution in [2.75, 3.05) is 20.3 Å². The van der Waals surface area contributed by atoms with E-state index in [0.29, 0.717) is 6.54 Å². The maximum absolute atomic E-state index is 10.6. The van der Waals surface area contributed by atoms with Crippen LogP contribution in [0.3, 0.4) is 0 Å². The third-order valence-electron chi connectivity index (χ3n) is 7.12. The summed E-state index contributed by atoms with van der Waals surface area (Å²) in [6, 6.07) is 30.9. The van der Waals surface area contributed by atoms with E-state index in [1.807, 2.05) is 36.7 Å². The zero-order valence-electron chi connectivity index (χ0n) is 21.5. The van der Waals surface area contributed by atoms with Crippen LogP contribution in [0.15, 0.2) is 97.3 Å². The molecule has 1 aromatic heterocycles. The highest BCUT2D eigenvalue weighted by molar-refractivity contribution is 5.82. The first-order valence-electron chi connectivity index (χ1n) is 12.9. The summed E-state index contributed by atoms with van der Waals surface area (Å²) < 4.78 is 13.4. The molecule has 6 nitrogen and oxygen atoms in total. The number of hydrogen-bond donors (Lipinski definition) is 1. The lowest BCUT2D eigenvalue weighted by atomic mass is 10.0. The number of fused-ring (bicyclic) bond motifs is 2. The van der Waals surface area contributed by atoms with Crippen molar-refractivity contribution < 1.29 is 14.6 Å².